The van der Waals surface area contributed by atoms with Crippen LogP contribution < -0.4 is 5.32 Å². The summed E-state index contributed by atoms with van der Waals surface area (Å²) in [5.41, 5.74) is 2.92. The van der Waals surface area contributed by atoms with Gasteiger partial charge in [-0.05, 0) is 53.2 Å². The maximum atomic E-state index is 12.7. The number of hydrogen-bond acceptors (Lipinski definition) is 5. The van der Waals surface area contributed by atoms with Crippen molar-refractivity contribution in [1.29, 1.82) is 0 Å². The Morgan fingerprint density at radius 1 is 0.968 bits per heavy atom. The van der Waals surface area contributed by atoms with E-state index in [-0.39, 0.29) is 23.6 Å². The number of pyridine rings is 1. The second-order valence-electron chi connectivity index (χ2n) is 6.88. The van der Waals surface area contributed by atoms with E-state index in [2.05, 4.69) is 10.3 Å². The molecule has 0 radical (unpaired) electrons. The van der Waals surface area contributed by atoms with Gasteiger partial charge in [0.1, 0.15) is 0 Å². The quantitative estimate of drug-likeness (QED) is 0.593. The number of amides is 3. The lowest BCUT2D eigenvalue weighted by Gasteiger charge is -2.12. The Kier molecular flexibility index (Phi) is 6.24. The Morgan fingerprint density at radius 3 is 2.42 bits per heavy atom. The maximum absolute atomic E-state index is 12.7. The topological polar surface area (TPSA) is 79.4 Å². The van der Waals surface area contributed by atoms with E-state index < -0.39 is 0 Å². The second-order valence-corrected chi connectivity index (χ2v) is 7.87. The highest BCUT2D eigenvalue weighted by molar-refractivity contribution is 8.18. The van der Waals surface area contributed by atoms with Crippen LogP contribution >= 0.6 is 11.8 Å². The summed E-state index contributed by atoms with van der Waals surface area (Å²) in [5.74, 6) is -0.517. The number of imide groups is 1. The fraction of sp³-hybridized carbons (Fsp3) is 0.0833. The van der Waals surface area contributed by atoms with E-state index in [0.29, 0.717) is 17.0 Å². The predicted molar refractivity (Wildman–Crippen MR) is 120 cm³/mol. The van der Waals surface area contributed by atoms with Crippen LogP contribution in [0.15, 0.2) is 83.9 Å². The lowest BCUT2D eigenvalue weighted by Crippen LogP contribution is -2.27. The number of nitrogens with zero attached hydrogens (tertiary/aromatic N) is 2. The molecule has 4 rings (SSSR count). The van der Waals surface area contributed by atoms with Crippen LogP contribution in [0.4, 0.5) is 4.79 Å². The van der Waals surface area contributed by atoms with Crippen molar-refractivity contribution in [2.24, 2.45) is 0 Å². The van der Waals surface area contributed by atoms with Gasteiger partial charge in [-0.1, -0.05) is 48.5 Å². The van der Waals surface area contributed by atoms with Gasteiger partial charge in [0.25, 0.3) is 17.1 Å². The summed E-state index contributed by atoms with van der Waals surface area (Å²) in [6.07, 6.45) is 3.35. The minimum Gasteiger partial charge on any atom is -0.346 e. The molecule has 0 atom stereocenters. The molecule has 1 aliphatic heterocycles. The molecular formula is C24H19N3O3S. The van der Waals surface area contributed by atoms with Crippen LogP contribution in [-0.2, 0) is 17.9 Å². The first-order valence-corrected chi connectivity index (χ1v) is 10.5. The first kappa shape index (κ1) is 20.6. The summed E-state index contributed by atoms with van der Waals surface area (Å²) in [7, 11) is 0. The molecule has 2 aromatic carbocycles. The molecule has 3 aromatic rings. The van der Waals surface area contributed by atoms with Gasteiger partial charge in [0.15, 0.2) is 0 Å². The third-order valence-electron chi connectivity index (χ3n) is 4.68. The molecule has 0 unspecified atom stereocenters. The summed E-state index contributed by atoms with van der Waals surface area (Å²) in [4.78, 5) is 43.1. The van der Waals surface area contributed by atoms with Crippen LogP contribution in [0.2, 0.25) is 0 Å². The van der Waals surface area contributed by atoms with Gasteiger partial charge < -0.3 is 5.32 Å². The van der Waals surface area contributed by atoms with Crippen molar-refractivity contribution in [2.45, 2.75) is 13.1 Å². The normalized spacial score (nSPS) is 14.8. The molecule has 1 aromatic heterocycles. The number of carbonyl (C=O) groups is 3. The highest BCUT2D eigenvalue weighted by Crippen LogP contribution is 2.33. The van der Waals surface area contributed by atoms with Crippen LogP contribution in [0.5, 0.6) is 0 Å². The van der Waals surface area contributed by atoms with Gasteiger partial charge in [-0.2, -0.15) is 0 Å². The highest BCUT2D eigenvalue weighted by atomic mass is 32.2. The maximum Gasteiger partial charge on any atom is 0.293 e. The molecule has 6 nitrogen and oxygen atoms in total. The molecule has 0 aliphatic carbocycles. The number of nitrogens with one attached hydrogen (secondary N) is 1. The van der Waals surface area contributed by atoms with E-state index in [1.807, 2.05) is 48.5 Å². The van der Waals surface area contributed by atoms with Crippen LogP contribution in [0.3, 0.4) is 0 Å². The number of aromatic nitrogens is 1. The molecule has 7 heteroatoms. The van der Waals surface area contributed by atoms with E-state index in [9.17, 15) is 14.4 Å². The number of thioether (sulfide) groups is 1. The molecule has 2 heterocycles. The van der Waals surface area contributed by atoms with Gasteiger partial charge >= 0.3 is 0 Å². The molecule has 1 fully saturated rings. The van der Waals surface area contributed by atoms with E-state index in [1.165, 1.54) is 4.90 Å². The minimum absolute atomic E-state index is 0.208. The average Bonchev–Trinajstić information content (AvgIpc) is 3.06. The Balaban J connectivity index is 1.40. The molecule has 31 heavy (non-hydrogen) atoms. The minimum atomic E-state index is -0.309. The van der Waals surface area contributed by atoms with Gasteiger partial charge in [-0.3, -0.25) is 24.3 Å². The summed E-state index contributed by atoms with van der Waals surface area (Å²) in [6, 6.07) is 21.8. The Hall–Kier alpha value is -3.71. The zero-order chi connectivity index (χ0) is 21.6. The molecule has 0 spiro atoms. The number of hydrogen-bond donors (Lipinski definition) is 1. The second kappa shape index (κ2) is 9.40. The lowest BCUT2D eigenvalue weighted by molar-refractivity contribution is -0.123. The van der Waals surface area contributed by atoms with Crippen molar-refractivity contribution < 1.29 is 14.4 Å². The first-order chi connectivity index (χ1) is 15.1. The average molecular weight is 430 g/mol. The molecule has 1 aliphatic rings. The van der Waals surface area contributed by atoms with Crippen molar-refractivity contribution in [3.8, 4) is 0 Å². The molecule has 3 amide bonds. The zero-order valence-electron chi connectivity index (χ0n) is 16.5. The summed E-state index contributed by atoms with van der Waals surface area (Å²) in [5, 5.41) is 2.54. The molecule has 0 bridgehead atoms. The van der Waals surface area contributed by atoms with Crippen LogP contribution in [0, 0.1) is 0 Å². The summed E-state index contributed by atoms with van der Waals surface area (Å²) in [6.45, 7) is 0.591. The molecule has 1 N–H and O–H groups in total. The van der Waals surface area contributed by atoms with Crippen molar-refractivity contribution in [2.75, 3.05) is 0 Å². The van der Waals surface area contributed by atoms with Crippen molar-refractivity contribution in [3.05, 3.63) is 106 Å². The Bertz CT molecular complexity index is 1130. The van der Waals surface area contributed by atoms with Gasteiger partial charge in [0, 0.05) is 11.8 Å². The fourth-order valence-electron chi connectivity index (χ4n) is 3.06. The standard InChI is InChI=1S/C24H19N3O3S/c28-22(26-15-20-8-4-5-13-25-20)19-11-9-17(10-12-19)14-21-23(29)27(24(30)31-21)16-18-6-2-1-3-7-18/h1-14H,15-16H2,(H,26,28)/b21-14-. The molecule has 0 saturated carbocycles. The van der Waals surface area contributed by atoms with E-state index >= 15 is 0 Å². The number of rotatable bonds is 6. The van der Waals surface area contributed by atoms with Gasteiger partial charge in [0.05, 0.1) is 23.7 Å². The van der Waals surface area contributed by atoms with E-state index in [1.54, 1.807) is 36.5 Å². The molecular weight excluding hydrogens is 410 g/mol. The summed E-state index contributed by atoms with van der Waals surface area (Å²) < 4.78 is 0. The first-order valence-electron chi connectivity index (χ1n) is 9.67. The van der Waals surface area contributed by atoms with Gasteiger partial charge in [0.2, 0.25) is 0 Å². The zero-order valence-corrected chi connectivity index (χ0v) is 17.3. The van der Waals surface area contributed by atoms with Crippen LogP contribution in [0.25, 0.3) is 6.08 Å². The van der Waals surface area contributed by atoms with Crippen LogP contribution in [-0.4, -0.2) is 26.9 Å². The van der Waals surface area contributed by atoms with Crippen LogP contribution in [0.1, 0.15) is 27.2 Å². The van der Waals surface area contributed by atoms with E-state index in [0.717, 1.165) is 28.6 Å². The summed E-state index contributed by atoms with van der Waals surface area (Å²) >= 11 is 0.924. The largest absolute Gasteiger partial charge is 0.346 e. The predicted octanol–water partition coefficient (Wildman–Crippen LogP) is 4.25. The van der Waals surface area contributed by atoms with Gasteiger partial charge in [-0.25, -0.2) is 0 Å². The van der Waals surface area contributed by atoms with Crippen molar-refractivity contribution in [3.63, 3.8) is 0 Å². The van der Waals surface area contributed by atoms with Crippen molar-refractivity contribution in [1.82, 2.24) is 15.2 Å². The SMILES string of the molecule is O=C(NCc1ccccn1)c1ccc(/C=C2\SC(=O)N(Cc3ccccc3)C2=O)cc1. The third kappa shape index (κ3) is 5.07. The number of carbonyl (C=O) groups excluding carboxylic acids is 3. The van der Waals surface area contributed by atoms with Crippen molar-refractivity contribution >= 4 is 34.9 Å². The highest BCUT2D eigenvalue weighted by Gasteiger charge is 2.34. The Morgan fingerprint density at radius 2 is 1.71 bits per heavy atom. The van der Waals surface area contributed by atoms with E-state index in [4.69, 9.17) is 0 Å². The van der Waals surface area contributed by atoms with Gasteiger partial charge in [-0.15, -0.1) is 0 Å². The lowest BCUT2D eigenvalue weighted by atomic mass is 10.1. The molecule has 1 saturated heterocycles. The monoisotopic (exact) mass is 429 g/mol. The number of benzene rings is 2. The fourth-order valence-corrected chi connectivity index (χ4v) is 3.90. The Labute approximate surface area is 184 Å². The molecule has 154 valence electrons. The third-order valence-corrected chi connectivity index (χ3v) is 5.59. The smallest absolute Gasteiger partial charge is 0.293 e.